The van der Waals surface area contributed by atoms with Crippen molar-refractivity contribution in [1.29, 1.82) is 0 Å². The highest BCUT2D eigenvalue weighted by Gasteiger charge is 2.06. The zero-order valence-corrected chi connectivity index (χ0v) is 12.1. The summed E-state index contributed by atoms with van der Waals surface area (Å²) in [6.45, 7) is 5.52. The SMILES string of the molecule is Cc1ccc(CN(CCN)CCc2ccccc2)nc1. The molecule has 0 aliphatic carbocycles. The summed E-state index contributed by atoms with van der Waals surface area (Å²) in [5.41, 5.74) is 9.39. The van der Waals surface area contributed by atoms with Gasteiger partial charge in [0.25, 0.3) is 0 Å². The molecule has 0 saturated heterocycles. The van der Waals surface area contributed by atoms with Gasteiger partial charge in [0, 0.05) is 32.4 Å². The maximum absolute atomic E-state index is 5.71. The molecule has 0 amide bonds. The van der Waals surface area contributed by atoms with Gasteiger partial charge in [-0.2, -0.15) is 0 Å². The molecule has 0 saturated carbocycles. The molecule has 0 unspecified atom stereocenters. The lowest BCUT2D eigenvalue weighted by Crippen LogP contribution is -2.31. The van der Waals surface area contributed by atoms with E-state index in [0.717, 1.165) is 31.7 Å². The number of nitrogens with two attached hydrogens (primary N) is 1. The fourth-order valence-corrected chi connectivity index (χ4v) is 2.21. The van der Waals surface area contributed by atoms with Gasteiger partial charge >= 0.3 is 0 Å². The monoisotopic (exact) mass is 269 g/mol. The Kier molecular flexibility index (Phi) is 5.71. The standard InChI is InChI=1S/C17H23N3/c1-15-7-8-17(19-13-15)14-20(12-10-18)11-9-16-5-3-2-4-6-16/h2-8,13H,9-12,14,18H2,1H3. The number of benzene rings is 1. The highest BCUT2D eigenvalue weighted by atomic mass is 15.1. The molecule has 106 valence electrons. The van der Waals surface area contributed by atoms with Gasteiger partial charge in [0.1, 0.15) is 0 Å². The van der Waals surface area contributed by atoms with Crippen LogP contribution in [0.25, 0.3) is 0 Å². The molecule has 0 atom stereocenters. The Morgan fingerprint density at radius 2 is 1.85 bits per heavy atom. The number of pyridine rings is 1. The van der Waals surface area contributed by atoms with Crippen LogP contribution in [0, 0.1) is 6.92 Å². The van der Waals surface area contributed by atoms with Gasteiger partial charge in [-0.05, 0) is 30.5 Å². The maximum atomic E-state index is 5.71. The number of aryl methyl sites for hydroxylation is 1. The average Bonchev–Trinajstić information content (AvgIpc) is 2.48. The molecule has 1 aromatic heterocycles. The molecule has 20 heavy (non-hydrogen) atoms. The molecule has 0 fully saturated rings. The minimum atomic E-state index is 0.681. The van der Waals surface area contributed by atoms with Gasteiger partial charge in [-0.3, -0.25) is 9.88 Å². The van der Waals surface area contributed by atoms with E-state index in [-0.39, 0.29) is 0 Å². The van der Waals surface area contributed by atoms with Crippen molar-refractivity contribution < 1.29 is 0 Å². The van der Waals surface area contributed by atoms with Crippen molar-refractivity contribution >= 4 is 0 Å². The Morgan fingerprint density at radius 3 is 2.50 bits per heavy atom. The summed E-state index contributed by atoms with van der Waals surface area (Å²) in [4.78, 5) is 6.84. The smallest absolute Gasteiger partial charge is 0.0544 e. The van der Waals surface area contributed by atoms with Crippen molar-refractivity contribution in [2.24, 2.45) is 5.73 Å². The van der Waals surface area contributed by atoms with Gasteiger partial charge < -0.3 is 5.73 Å². The second-order valence-corrected chi connectivity index (χ2v) is 5.13. The first-order valence-corrected chi connectivity index (χ1v) is 7.16. The fourth-order valence-electron chi connectivity index (χ4n) is 2.21. The molecule has 2 rings (SSSR count). The first-order valence-electron chi connectivity index (χ1n) is 7.16. The van der Waals surface area contributed by atoms with E-state index in [1.54, 1.807) is 0 Å². The summed E-state index contributed by atoms with van der Waals surface area (Å²) in [7, 11) is 0. The summed E-state index contributed by atoms with van der Waals surface area (Å²) in [5.74, 6) is 0. The van der Waals surface area contributed by atoms with Crippen LogP contribution >= 0.6 is 0 Å². The van der Waals surface area contributed by atoms with Gasteiger partial charge in [0.05, 0.1) is 5.69 Å². The molecule has 2 N–H and O–H groups in total. The molecule has 2 aromatic rings. The topological polar surface area (TPSA) is 42.1 Å². The van der Waals surface area contributed by atoms with E-state index < -0.39 is 0 Å². The van der Waals surface area contributed by atoms with Crippen molar-refractivity contribution in [2.45, 2.75) is 19.9 Å². The summed E-state index contributed by atoms with van der Waals surface area (Å²) in [6.07, 6.45) is 2.97. The molecule has 0 bridgehead atoms. The van der Waals surface area contributed by atoms with E-state index in [1.165, 1.54) is 11.1 Å². The normalized spacial score (nSPS) is 10.9. The molecular weight excluding hydrogens is 246 g/mol. The van der Waals surface area contributed by atoms with Crippen LogP contribution in [-0.2, 0) is 13.0 Å². The first-order chi connectivity index (χ1) is 9.78. The Bertz CT molecular complexity index is 493. The van der Waals surface area contributed by atoms with Gasteiger partial charge in [0.2, 0.25) is 0 Å². The fraction of sp³-hybridized carbons (Fsp3) is 0.353. The van der Waals surface area contributed by atoms with Crippen LogP contribution in [0.15, 0.2) is 48.7 Å². The third-order valence-electron chi connectivity index (χ3n) is 3.36. The minimum absolute atomic E-state index is 0.681. The maximum Gasteiger partial charge on any atom is 0.0544 e. The Hall–Kier alpha value is -1.71. The number of nitrogens with zero attached hydrogens (tertiary/aromatic N) is 2. The van der Waals surface area contributed by atoms with E-state index in [9.17, 15) is 0 Å². The molecule has 0 spiro atoms. The van der Waals surface area contributed by atoms with Crippen LogP contribution in [-0.4, -0.2) is 29.5 Å². The third kappa shape index (κ3) is 4.76. The largest absolute Gasteiger partial charge is 0.329 e. The molecule has 1 aromatic carbocycles. The zero-order chi connectivity index (χ0) is 14.2. The number of rotatable bonds is 7. The molecule has 0 aliphatic heterocycles. The molecular formula is C17H23N3. The molecule has 3 heteroatoms. The van der Waals surface area contributed by atoms with Gasteiger partial charge in [0.15, 0.2) is 0 Å². The van der Waals surface area contributed by atoms with E-state index in [2.05, 4.69) is 59.3 Å². The predicted molar refractivity (Wildman–Crippen MR) is 83.5 cm³/mol. The van der Waals surface area contributed by atoms with Gasteiger partial charge in [-0.25, -0.2) is 0 Å². The highest BCUT2D eigenvalue weighted by Crippen LogP contribution is 2.06. The minimum Gasteiger partial charge on any atom is -0.329 e. The lowest BCUT2D eigenvalue weighted by atomic mass is 10.1. The van der Waals surface area contributed by atoms with Crippen molar-refractivity contribution in [1.82, 2.24) is 9.88 Å². The molecule has 1 heterocycles. The van der Waals surface area contributed by atoms with E-state index in [1.807, 2.05) is 6.20 Å². The van der Waals surface area contributed by atoms with Crippen LogP contribution in [0.3, 0.4) is 0 Å². The van der Waals surface area contributed by atoms with Crippen LogP contribution in [0.5, 0.6) is 0 Å². The van der Waals surface area contributed by atoms with Gasteiger partial charge in [-0.15, -0.1) is 0 Å². The summed E-state index contributed by atoms with van der Waals surface area (Å²) in [6, 6.07) is 14.8. The van der Waals surface area contributed by atoms with Crippen molar-refractivity contribution in [3.63, 3.8) is 0 Å². The van der Waals surface area contributed by atoms with Crippen LogP contribution in [0.4, 0.5) is 0 Å². The lowest BCUT2D eigenvalue weighted by molar-refractivity contribution is 0.273. The Morgan fingerprint density at radius 1 is 1.05 bits per heavy atom. The van der Waals surface area contributed by atoms with Crippen molar-refractivity contribution in [2.75, 3.05) is 19.6 Å². The average molecular weight is 269 g/mol. The van der Waals surface area contributed by atoms with E-state index >= 15 is 0 Å². The van der Waals surface area contributed by atoms with E-state index in [4.69, 9.17) is 5.73 Å². The highest BCUT2D eigenvalue weighted by molar-refractivity contribution is 5.15. The van der Waals surface area contributed by atoms with Crippen LogP contribution in [0.2, 0.25) is 0 Å². The summed E-state index contributed by atoms with van der Waals surface area (Å²) >= 11 is 0. The lowest BCUT2D eigenvalue weighted by Gasteiger charge is -2.21. The summed E-state index contributed by atoms with van der Waals surface area (Å²) < 4.78 is 0. The van der Waals surface area contributed by atoms with Crippen LogP contribution < -0.4 is 5.73 Å². The van der Waals surface area contributed by atoms with Crippen LogP contribution in [0.1, 0.15) is 16.8 Å². The second kappa shape index (κ2) is 7.78. The molecule has 0 radical (unpaired) electrons. The third-order valence-corrected chi connectivity index (χ3v) is 3.36. The summed E-state index contributed by atoms with van der Waals surface area (Å²) in [5, 5.41) is 0. The second-order valence-electron chi connectivity index (χ2n) is 5.13. The Balaban J connectivity index is 1.91. The number of hydrogen-bond acceptors (Lipinski definition) is 3. The van der Waals surface area contributed by atoms with Crippen molar-refractivity contribution in [3.8, 4) is 0 Å². The Labute approximate surface area is 121 Å². The van der Waals surface area contributed by atoms with Gasteiger partial charge in [-0.1, -0.05) is 36.4 Å². The number of hydrogen-bond donors (Lipinski definition) is 1. The van der Waals surface area contributed by atoms with E-state index in [0.29, 0.717) is 6.54 Å². The van der Waals surface area contributed by atoms with Crippen molar-refractivity contribution in [3.05, 3.63) is 65.5 Å². The number of aromatic nitrogens is 1. The molecule has 3 nitrogen and oxygen atoms in total. The zero-order valence-electron chi connectivity index (χ0n) is 12.1. The first kappa shape index (κ1) is 14.7. The molecule has 0 aliphatic rings. The predicted octanol–water partition coefficient (Wildman–Crippen LogP) is 2.39. The quantitative estimate of drug-likeness (QED) is 0.839.